The van der Waals surface area contributed by atoms with Gasteiger partial charge in [-0.25, -0.2) is 0 Å². The molecule has 7 heteroatoms. The lowest BCUT2D eigenvalue weighted by Crippen LogP contribution is -2.38. The Morgan fingerprint density at radius 2 is 1.20 bits per heavy atom. The van der Waals surface area contributed by atoms with Crippen molar-refractivity contribution in [2.75, 3.05) is 59.4 Å². The fraction of sp³-hybridized carbons (Fsp3) is 0.970. The molecule has 238 valence electrons. The first-order valence-corrected chi connectivity index (χ1v) is 17.1. The van der Waals surface area contributed by atoms with Crippen molar-refractivity contribution >= 4 is 5.97 Å². The van der Waals surface area contributed by atoms with Gasteiger partial charge in [0.2, 0.25) is 0 Å². The van der Waals surface area contributed by atoms with Crippen LogP contribution in [0.5, 0.6) is 0 Å². The summed E-state index contributed by atoms with van der Waals surface area (Å²) in [6.07, 6.45) is 20.1. The van der Waals surface area contributed by atoms with E-state index in [0.717, 1.165) is 123 Å². The van der Waals surface area contributed by atoms with Gasteiger partial charge in [-0.05, 0) is 70.8 Å². The summed E-state index contributed by atoms with van der Waals surface area (Å²) in [5, 5.41) is 3.15. The molecule has 0 amide bonds. The number of hydrogen-bond acceptors (Lipinski definition) is 7. The molecule has 1 saturated heterocycles. The lowest BCUT2D eigenvalue weighted by atomic mass is 9.95. The van der Waals surface area contributed by atoms with E-state index >= 15 is 0 Å². The molecular formula is C33H66N2O5. The Hall–Kier alpha value is -0.730. The first-order chi connectivity index (χ1) is 19.7. The number of likely N-dealkylation sites (tertiary alicyclic amines) is 1. The van der Waals surface area contributed by atoms with Gasteiger partial charge >= 0.3 is 5.97 Å². The number of ether oxygens (including phenoxy) is 4. The van der Waals surface area contributed by atoms with Crippen LogP contribution < -0.4 is 5.32 Å². The van der Waals surface area contributed by atoms with Crippen molar-refractivity contribution in [1.82, 2.24) is 10.2 Å². The molecule has 2 unspecified atom stereocenters. The summed E-state index contributed by atoms with van der Waals surface area (Å²) in [5.74, 6) is 0.144. The summed E-state index contributed by atoms with van der Waals surface area (Å²) in [5.41, 5.74) is 0. The second-order valence-electron chi connectivity index (χ2n) is 11.5. The molecule has 1 N–H and O–H groups in total. The zero-order chi connectivity index (χ0) is 28.9. The number of rotatable bonds is 30. The largest absolute Gasteiger partial charge is 0.446 e. The first kappa shape index (κ1) is 37.3. The summed E-state index contributed by atoms with van der Waals surface area (Å²) < 4.78 is 23.2. The van der Waals surface area contributed by atoms with E-state index in [0.29, 0.717) is 6.73 Å². The fourth-order valence-electron chi connectivity index (χ4n) is 5.22. The van der Waals surface area contributed by atoms with E-state index < -0.39 is 0 Å². The smallest absolute Gasteiger partial charge is 0.310 e. The number of esters is 1. The van der Waals surface area contributed by atoms with Gasteiger partial charge in [-0.1, -0.05) is 72.1 Å². The minimum atomic E-state index is -0.0309. The van der Waals surface area contributed by atoms with E-state index in [1.54, 1.807) is 0 Å². The average molecular weight is 571 g/mol. The van der Waals surface area contributed by atoms with Crippen LogP contribution in [0.25, 0.3) is 0 Å². The predicted octanol–water partition coefficient (Wildman–Crippen LogP) is 7.47. The van der Waals surface area contributed by atoms with E-state index in [1.807, 2.05) is 0 Å². The van der Waals surface area contributed by atoms with Crippen molar-refractivity contribution in [2.24, 2.45) is 5.92 Å². The highest BCUT2D eigenvalue weighted by molar-refractivity contribution is 5.72. The van der Waals surface area contributed by atoms with Gasteiger partial charge in [-0.2, -0.15) is 0 Å². The summed E-state index contributed by atoms with van der Waals surface area (Å²) in [7, 11) is 0. The third kappa shape index (κ3) is 21.0. The number of unbranched alkanes of at least 4 members (excludes halogenated alkanes) is 8. The molecular weight excluding hydrogens is 504 g/mol. The second-order valence-corrected chi connectivity index (χ2v) is 11.5. The van der Waals surface area contributed by atoms with Crippen LogP contribution >= 0.6 is 0 Å². The summed E-state index contributed by atoms with van der Waals surface area (Å²) in [4.78, 5) is 15.6. The maximum absolute atomic E-state index is 13.2. The zero-order valence-electron chi connectivity index (χ0n) is 26.7. The van der Waals surface area contributed by atoms with Crippen LogP contribution in [-0.4, -0.2) is 76.5 Å². The molecule has 0 aromatic heterocycles. The molecule has 1 rings (SSSR count). The Morgan fingerprint density at radius 1 is 0.650 bits per heavy atom. The maximum atomic E-state index is 13.2. The van der Waals surface area contributed by atoms with Crippen molar-refractivity contribution in [3.05, 3.63) is 0 Å². The van der Waals surface area contributed by atoms with Gasteiger partial charge in [-0.15, -0.1) is 0 Å². The predicted molar refractivity (Wildman–Crippen MR) is 166 cm³/mol. The number of carbonyl (C=O) groups excluding carboxylic acids is 1. The third-order valence-electron chi connectivity index (χ3n) is 7.79. The Bertz CT molecular complexity index is 545. The minimum absolute atomic E-state index is 0.0309. The standard InChI is InChI=1S/C33H66N2O5/c1-4-7-9-12-21-31(20-8-5-2)33(36)40-32(35-23-14-15-24-35)22-13-10-11-16-25-37-28-19-29-38-26-17-18-27-39-30-34-6-3/h31-32,34H,4-30H2,1-3H3. The Balaban J connectivity index is 2.12. The molecule has 0 aromatic carbocycles. The van der Waals surface area contributed by atoms with Crippen LogP contribution in [0.3, 0.4) is 0 Å². The van der Waals surface area contributed by atoms with Crippen LogP contribution in [0.15, 0.2) is 0 Å². The number of nitrogens with one attached hydrogen (secondary N) is 1. The lowest BCUT2D eigenvalue weighted by Gasteiger charge is -2.29. The molecule has 0 saturated carbocycles. The van der Waals surface area contributed by atoms with Gasteiger partial charge in [-0.3, -0.25) is 15.0 Å². The minimum Gasteiger partial charge on any atom is -0.446 e. The molecule has 1 aliphatic rings. The molecule has 0 bridgehead atoms. The second kappa shape index (κ2) is 28.4. The molecule has 1 fully saturated rings. The van der Waals surface area contributed by atoms with E-state index in [2.05, 4.69) is 31.0 Å². The quantitative estimate of drug-likeness (QED) is 0.0546. The maximum Gasteiger partial charge on any atom is 0.310 e. The van der Waals surface area contributed by atoms with Crippen molar-refractivity contribution in [3.63, 3.8) is 0 Å². The number of nitrogens with zero attached hydrogens (tertiary/aromatic N) is 1. The molecule has 0 aliphatic carbocycles. The highest BCUT2D eigenvalue weighted by Gasteiger charge is 2.28. The third-order valence-corrected chi connectivity index (χ3v) is 7.79. The Morgan fingerprint density at radius 3 is 1.88 bits per heavy atom. The van der Waals surface area contributed by atoms with Crippen LogP contribution in [0, 0.1) is 5.92 Å². The van der Waals surface area contributed by atoms with Gasteiger partial charge in [0.05, 0.1) is 12.6 Å². The molecule has 40 heavy (non-hydrogen) atoms. The van der Waals surface area contributed by atoms with Gasteiger partial charge in [0.25, 0.3) is 0 Å². The fourth-order valence-corrected chi connectivity index (χ4v) is 5.22. The molecule has 0 spiro atoms. The highest BCUT2D eigenvalue weighted by atomic mass is 16.6. The van der Waals surface area contributed by atoms with Crippen molar-refractivity contribution < 1.29 is 23.7 Å². The Kier molecular flexibility index (Phi) is 26.5. The molecule has 1 aliphatic heterocycles. The van der Waals surface area contributed by atoms with Crippen LogP contribution in [-0.2, 0) is 23.7 Å². The molecule has 1 heterocycles. The average Bonchev–Trinajstić information content (AvgIpc) is 3.50. The van der Waals surface area contributed by atoms with Crippen LogP contribution in [0.2, 0.25) is 0 Å². The molecule has 2 atom stereocenters. The summed E-state index contributed by atoms with van der Waals surface area (Å²) in [6.45, 7) is 14.2. The Labute approximate surface area is 247 Å². The van der Waals surface area contributed by atoms with Gasteiger partial charge < -0.3 is 18.9 Å². The van der Waals surface area contributed by atoms with Gasteiger partial charge in [0.1, 0.15) is 0 Å². The number of hydrogen-bond donors (Lipinski definition) is 1. The topological polar surface area (TPSA) is 69.3 Å². The molecule has 0 radical (unpaired) electrons. The summed E-state index contributed by atoms with van der Waals surface area (Å²) in [6, 6.07) is 0. The summed E-state index contributed by atoms with van der Waals surface area (Å²) >= 11 is 0. The van der Waals surface area contributed by atoms with Crippen molar-refractivity contribution in [2.45, 2.75) is 143 Å². The van der Waals surface area contributed by atoms with E-state index in [4.69, 9.17) is 18.9 Å². The van der Waals surface area contributed by atoms with Crippen molar-refractivity contribution in [3.8, 4) is 0 Å². The monoisotopic (exact) mass is 570 g/mol. The number of carbonyl (C=O) groups is 1. The normalized spacial score (nSPS) is 15.5. The zero-order valence-corrected chi connectivity index (χ0v) is 26.7. The van der Waals surface area contributed by atoms with E-state index in [-0.39, 0.29) is 18.1 Å². The van der Waals surface area contributed by atoms with Gasteiger partial charge in [0, 0.05) is 46.1 Å². The molecule has 0 aromatic rings. The van der Waals surface area contributed by atoms with Crippen LogP contribution in [0.4, 0.5) is 0 Å². The van der Waals surface area contributed by atoms with E-state index in [1.165, 1.54) is 44.9 Å². The van der Waals surface area contributed by atoms with E-state index in [9.17, 15) is 4.79 Å². The SMILES string of the molecule is CCCCCCC(CCCC)C(=O)OC(CCCCCCOCCCOCCCCOCNCC)N1CCCC1. The highest BCUT2D eigenvalue weighted by Crippen LogP contribution is 2.23. The van der Waals surface area contributed by atoms with Crippen LogP contribution in [0.1, 0.15) is 136 Å². The van der Waals surface area contributed by atoms with Gasteiger partial charge in [0.15, 0.2) is 6.23 Å². The van der Waals surface area contributed by atoms with Crippen molar-refractivity contribution in [1.29, 1.82) is 0 Å². The first-order valence-electron chi connectivity index (χ1n) is 17.1. The molecule has 7 nitrogen and oxygen atoms in total. The lowest BCUT2D eigenvalue weighted by molar-refractivity contribution is -0.165.